The standard InChI is InChI=1S/C26H34N8O3Si/c1-17(26(36)32-13-18(27)14-32)30-25(35)19-15-33(16-37-9-10-38(2,3)4)24-23(19)31-20(11-29-24)21-12-28-22-7-5-6-8-34(21)22/h5-8,11-12,15,17-18H,9-10,13-14,16,27H2,1-4H3,(H,30,35)/t17-/m1/s1. The highest BCUT2D eigenvalue weighted by Crippen LogP contribution is 2.24. The van der Waals surface area contributed by atoms with E-state index in [-0.39, 0.29) is 18.7 Å². The Morgan fingerprint density at radius 2 is 2.00 bits per heavy atom. The molecule has 1 aliphatic rings. The first-order valence-corrected chi connectivity index (χ1v) is 16.5. The third kappa shape index (κ3) is 5.33. The van der Waals surface area contributed by atoms with Crippen LogP contribution in [0.25, 0.3) is 28.2 Å². The molecule has 1 saturated heterocycles. The van der Waals surface area contributed by atoms with Crippen molar-refractivity contribution in [1.82, 2.24) is 34.1 Å². The summed E-state index contributed by atoms with van der Waals surface area (Å²) < 4.78 is 9.67. The number of imidazole rings is 1. The number of nitrogens with two attached hydrogens (primary N) is 1. The molecule has 0 aliphatic carbocycles. The summed E-state index contributed by atoms with van der Waals surface area (Å²) in [6, 6.07) is 6.07. The van der Waals surface area contributed by atoms with Gasteiger partial charge >= 0.3 is 0 Å². The van der Waals surface area contributed by atoms with Gasteiger partial charge in [0.05, 0.1) is 23.7 Å². The molecule has 38 heavy (non-hydrogen) atoms. The largest absolute Gasteiger partial charge is 0.361 e. The number of rotatable bonds is 9. The number of carbonyl (C=O) groups excluding carboxylic acids is 2. The summed E-state index contributed by atoms with van der Waals surface area (Å²) in [5, 5.41) is 2.83. The molecule has 0 saturated carbocycles. The van der Waals surface area contributed by atoms with Gasteiger partial charge in [0, 0.05) is 46.2 Å². The zero-order valence-corrected chi connectivity index (χ0v) is 23.2. The summed E-state index contributed by atoms with van der Waals surface area (Å²) in [7, 11) is -1.24. The maximum absolute atomic E-state index is 13.4. The number of pyridine rings is 1. The van der Waals surface area contributed by atoms with E-state index in [4.69, 9.17) is 15.5 Å². The number of hydrogen-bond donors (Lipinski definition) is 2. The summed E-state index contributed by atoms with van der Waals surface area (Å²) in [5.41, 5.74) is 9.25. The van der Waals surface area contributed by atoms with Crippen LogP contribution in [-0.2, 0) is 16.3 Å². The van der Waals surface area contributed by atoms with Crippen molar-refractivity contribution in [3.8, 4) is 11.4 Å². The van der Waals surface area contributed by atoms with Crippen molar-refractivity contribution < 1.29 is 14.3 Å². The van der Waals surface area contributed by atoms with Crippen LogP contribution in [0.5, 0.6) is 0 Å². The van der Waals surface area contributed by atoms with Gasteiger partial charge in [0.2, 0.25) is 5.91 Å². The molecular formula is C26H34N8O3Si. The number of nitrogens with one attached hydrogen (secondary N) is 1. The minimum absolute atomic E-state index is 0.00546. The molecule has 4 aromatic heterocycles. The fourth-order valence-electron chi connectivity index (χ4n) is 4.41. The lowest BCUT2D eigenvalue weighted by Crippen LogP contribution is -2.61. The van der Waals surface area contributed by atoms with E-state index in [1.807, 2.05) is 28.8 Å². The minimum Gasteiger partial charge on any atom is -0.361 e. The zero-order valence-electron chi connectivity index (χ0n) is 22.2. The Morgan fingerprint density at radius 1 is 1.21 bits per heavy atom. The summed E-state index contributed by atoms with van der Waals surface area (Å²) in [6.07, 6.45) is 7.02. The van der Waals surface area contributed by atoms with Crippen molar-refractivity contribution in [2.24, 2.45) is 5.73 Å². The molecule has 5 rings (SSSR count). The Balaban J connectivity index is 1.45. The molecule has 11 nitrogen and oxygen atoms in total. The fourth-order valence-corrected chi connectivity index (χ4v) is 5.16. The number of likely N-dealkylation sites (tertiary alicyclic amines) is 1. The van der Waals surface area contributed by atoms with Gasteiger partial charge in [-0.15, -0.1) is 0 Å². The van der Waals surface area contributed by atoms with Gasteiger partial charge in [0.15, 0.2) is 5.65 Å². The Hall–Kier alpha value is -3.61. The Kier molecular flexibility index (Phi) is 7.03. The lowest BCUT2D eigenvalue weighted by atomic mass is 10.1. The van der Waals surface area contributed by atoms with Crippen LogP contribution in [0.3, 0.4) is 0 Å². The highest BCUT2D eigenvalue weighted by Gasteiger charge is 2.32. The van der Waals surface area contributed by atoms with Crippen molar-refractivity contribution in [2.75, 3.05) is 19.7 Å². The second-order valence-corrected chi connectivity index (χ2v) is 16.7. The van der Waals surface area contributed by atoms with Crippen LogP contribution in [0.1, 0.15) is 17.3 Å². The normalized spacial score (nSPS) is 15.1. The molecule has 0 unspecified atom stereocenters. The van der Waals surface area contributed by atoms with E-state index in [1.165, 1.54) is 0 Å². The van der Waals surface area contributed by atoms with Crippen LogP contribution in [0.15, 0.2) is 43.0 Å². The van der Waals surface area contributed by atoms with Gasteiger partial charge < -0.3 is 25.3 Å². The van der Waals surface area contributed by atoms with E-state index in [0.717, 1.165) is 17.4 Å². The maximum Gasteiger partial charge on any atom is 0.255 e. The maximum atomic E-state index is 13.4. The quantitative estimate of drug-likeness (QED) is 0.249. The van der Waals surface area contributed by atoms with Crippen molar-refractivity contribution in [3.63, 3.8) is 0 Å². The molecular weight excluding hydrogens is 500 g/mol. The SMILES string of the molecule is C[C@@H](NC(=O)c1cn(COCC[Si](C)(C)C)c2ncc(-c3cnc4ccccn34)nc12)C(=O)N1CC(N)C1. The number of amides is 2. The van der Waals surface area contributed by atoms with Crippen molar-refractivity contribution in [3.05, 3.63) is 48.5 Å². The van der Waals surface area contributed by atoms with Crippen LogP contribution in [0, 0.1) is 0 Å². The molecule has 0 bridgehead atoms. The molecule has 5 heterocycles. The Bertz CT molecular complexity index is 1480. The molecule has 12 heteroatoms. The summed E-state index contributed by atoms with van der Waals surface area (Å²) >= 11 is 0. The first-order chi connectivity index (χ1) is 18.1. The zero-order chi connectivity index (χ0) is 27.0. The molecule has 0 aromatic carbocycles. The van der Waals surface area contributed by atoms with Crippen molar-refractivity contribution >= 4 is 36.7 Å². The van der Waals surface area contributed by atoms with Crippen molar-refractivity contribution in [1.29, 1.82) is 0 Å². The average molecular weight is 535 g/mol. The number of nitrogens with zero attached hydrogens (tertiary/aromatic N) is 6. The lowest BCUT2D eigenvalue weighted by molar-refractivity contribution is -0.137. The Labute approximate surface area is 222 Å². The van der Waals surface area contributed by atoms with Crippen molar-refractivity contribution in [2.45, 2.75) is 51.4 Å². The molecule has 0 spiro atoms. The third-order valence-corrected chi connectivity index (χ3v) is 8.36. The van der Waals surface area contributed by atoms with Gasteiger partial charge in [-0.2, -0.15) is 0 Å². The number of fused-ring (bicyclic) bond motifs is 2. The van der Waals surface area contributed by atoms with Gasteiger partial charge in [0.25, 0.3) is 5.91 Å². The van der Waals surface area contributed by atoms with Gasteiger partial charge in [-0.05, 0) is 25.1 Å². The Morgan fingerprint density at radius 3 is 2.74 bits per heavy atom. The minimum atomic E-state index is -1.24. The van der Waals surface area contributed by atoms with Gasteiger partial charge in [-0.3, -0.25) is 14.0 Å². The highest BCUT2D eigenvalue weighted by atomic mass is 28.3. The van der Waals surface area contributed by atoms with Crippen LogP contribution in [0.4, 0.5) is 0 Å². The first kappa shape index (κ1) is 26.0. The fraction of sp³-hybridized carbons (Fsp3) is 0.423. The van der Waals surface area contributed by atoms with Crippen LogP contribution >= 0.6 is 0 Å². The monoisotopic (exact) mass is 534 g/mol. The molecule has 3 N–H and O–H groups in total. The van der Waals surface area contributed by atoms with E-state index < -0.39 is 20.0 Å². The number of aromatic nitrogens is 5. The van der Waals surface area contributed by atoms with E-state index in [9.17, 15) is 9.59 Å². The number of carbonyl (C=O) groups is 2. The summed E-state index contributed by atoms with van der Waals surface area (Å²) in [6.45, 7) is 10.5. The molecule has 2 amide bonds. The third-order valence-electron chi connectivity index (χ3n) is 6.66. The molecule has 1 atom stereocenters. The van der Waals surface area contributed by atoms with Gasteiger partial charge in [-0.1, -0.05) is 25.7 Å². The molecule has 4 aromatic rings. The molecule has 0 radical (unpaired) electrons. The van der Waals surface area contributed by atoms with E-state index >= 15 is 0 Å². The summed E-state index contributed by atoms with van der Waals surface area (Å²) in [5.74, 6) is -0.554. The predicted molar refractivity (Wildman–Crippen MR) is 147 cm³/mol. The number of hydrogen-bond acceptors (Lipinski definition) is 7. The van der Waals surface area contributed by atoms with Gasteiger partial charge in [0.1, 0.15) is 29.6 Å². The second-order valence-electron chi connectivity index (χ2n) is 11.1. The van der Waals surface area contributed by atoms with E-state index in [0.29, 0.717) is 42.1 Å². The van der Waals surface area contributed by atoms with Gasteiger partial charge in [-0.25, -0.2) is 15.0 Å². The van der Waals surface area contributed by atoms with E-state index in [1.54, 1.807) is 35.0 Å². The molecule has 1 aliphatic heterocycles. The average Bonchev–Trinajstić information content (AvgIpc) is 3.45. The van der Waals surface area contributed by atoms with Crippen LogP contribution in [-0.4, -0.2) is 80.5 Å². The highest BCUT2D eigenvalue weighted by molar-refractivity contribution is 6.76. The van der Waals surface area contributed by atoms with E-state index in [2.05, 4.69) is 34.9 Å². The smallest absolute Gasteiger partial charge is 0.255 e. The second kappa shape index (κ2) is 10.3. The predicted octanol–water partition coefficient (Wildman–Crippen LogP) is 2.35. The topological polar surface area (TPSA) is 133 Å². The first-order valence-electron chi connectivity index (χ1n) is 12.8. The summed E-state index contributed by atoms with van der Waals surface area (Å²) in [4.78, 5) is 41.7. The lowest BCUT2D eigenvalue weighted by Gasteiger charge is -2.38. The van der Waals surface area contributed by atoms with Crippen LogP contribution in [0.2, 0.25) is 25.7 Å². The number of ether oxygens (including phenoxy) is 1. The van der Waals surface area contributed by atoms with Crippen LogP contribution < -0.4 is 11.1 Å². The molecule has 200 valence electrons. The molecule has 1 fully saturated rings.